The van der Waals surface area contributed by atoms with Crippen LogP contribution in [0.2, 0.25) is 0 Å². The summed E-state index contributed by atoms with van der Waals surface area (Å²) < 4.78 is 11.1. The van der Waals surface area contributed by atoms with E-state index in [2.05, 4.69) is 19.2 Å². The van der Waals surface area contributed by atoms with E-state index in [0.717, 1.165) is 5.75 Å². The first-order valence-electron chi connectivity index (χ1n) is 10.2. The molecule has 0 saturated carbocycles. The zero-order valence-electron chi connectivity index (χ0n) is 17.9. The number of benzene rings is 2. The minimum Gasteiger partial charge on any atom is -0.495 e. The minimum absolute atomic E-state index is 0.258. The third-order valence-corrected chi connectivity index (χ3v) is 4.71. The van der Waals surface area contributed by atoms with Crippen molar-refractivity contribution < 1.29 is 19.1 Å². The normalized spacial score (nSPS) is 14.0. The van der Waals surface area contributed by atoms with Gasteiger partial charge in [0.15, 0.2) is 0 Å². The fourth-order valence-corrected chi connectivity index (χ4v) is 3.25. The standard InChI is InChI=1S/C24H28N2O4/c1-5-14-26-23(27)21(17-10-12-18(13-11-17)30-15-16(2)3)22(24(26)28)25-19-8-6-7-9-20(19)29-4/h6-13,16,25H,5,14-15H2,1-4H3. The van der Waals surface area contributed by atoms with Gasteiger partial charge in [0.25, 0.3) is 11.8 Å². The van der Waals surface area contributed by atoms with Crippen molar-refractivity contribution in [2.45, 2.75) is 27.2 Å². The second-order valence-electron chi connectivity index (χ2n) is 7.57. The largest absolute Gasteiger partial charge is 0.495 e. The summed E-state index contributed by atoms with van der Waals surface area (Å²) in [5.41, 5.74) is 1.91. The Kier molecular flexibility index (Phi) is 6.77. The van der Waals surface area contributed by atoms with Crippen molar-refractivity contribution in [3.8, 4) is 11.5 Å². The lowest BCUT2D eigenvalue weighted by atomic mass is 10.0. The van der Waals surface area contributed by atoms with E-state index in [-0.39, 0.29) is 17.5 Å². The summed E-state index contributed by atoms with van der Waals surface area (Å²) in [5, 5.41) is 3.14. The van der Waals surface area contributed by atoms with Crippen molar-refractivity contribution in [1.82, 2.24) is 4.90 Å². The molecule has 6 heteroatoms. The number of methoxy groups -OCH3 is 1. The monoisotopic (exact) mass is 408 g/mol. The Morgan fingerprint density at radius 1 is 1.00 bits per heavy atom. The van der Waals surface area contributed by atoms with Gasteiger partial charge in [-0.05, 0) is 42.2 Å². The Morgan fingerprint density at radius 2 is 1.70 bits per heavy atom. The fourth-order valence-electron chi connectivity index (χ4n) is 3.25. The topological polar surface area (TPSA) is 67.9 Å². The van der Waals surface area contributed by atoms with E-state index in [0.29, 0.717) is 48.1 Å². The van der Waals surface area contributed by atoms with Crippen LogP contribution in [-0.2, 0) is 9.59 Å². The van der Waals surface area contributed by atoms with Crippen LogP contribution in [0.5, 0.6) is 11.5 Å². The van der Waals surface area contributed by atoms with Crippen LogP contribution in [0.1, 0.15) is 32.8 Å². The molecular formula is C24H28N2O4. The minimum atomic E-state index is -0.331. The van der Waals surface area contributed by atoms with Gasteiger partial charge in [0.05, 0.1) is 25.0 Å². The second-order valence-corrected chi connectivity index (χ2v) is 7.57. The predicted octanol–water partition coefficient (Wildman–Crippen LogP) is 4.33. The van der Waals surface area contributed by atoms with Crippen molar-refractivity contribution in [3.63, 3.8) is 0 Å². The van der Waals surface area contributed by atoms with Crippen LogP contribution in [0.3, 0.4) is 0 Å². The quantitative estimate of drug-likeness (QED) is 0.626. The number of rotatable bonds is 9. The van der Waals surface area contributed by atoms with Gasteiger partial charge in [0.1, 0.15) is 17.2 Å². The Balaban J connectivity index is 1.99. The Labute approximate surface area is 177 Å². The van der Waals surface area contributed by atoms with Gasteiger partial charge in [-0.1, -0.05) is 45.0 Å². The molecule has 0 aliphatic carbocycles. The highest BCUT2D eigenvalue weighted by molar-refractivity contribution is 6.36. The average Bonchev–Trinajstić information content (AvgIpc) is 2.97. The number of nitrogens with one attached hydrogen (secondary N) is 1. The molecule has 158 valence electrons. The first-order valence-corrected chi connectivity index (χ1v) is 10.2. The molecule has 0 fully saturated rings. The van der Waals surface area contributed by atoms with Gasteiger partial charge < -0.3 is 14.8 Å². The molecule has 2 amide bonds. The number of anilines is 1. The summed E-state index contributed by atoms with van der Waals surface area (Å²) in [7, 11) is 1.57. The second kappa shape index (κ2) is 9.48. The third-order valence-electron chi connectivity index (χ3n) is 4.71. The van der Waals surface area contributed by atoms with Crippen LogP contribution in [0.15, 0.2) is 54.2 Å². The van der Waals surface area contributed by atoms with Crippen LogP contribution in [0, 0.1) is 5.92 Å². The van der Waals surface area contributed by atoms with Gasteiger partial charge >= 0.3 is 0 Å². The highest BCUT2D eigenvalue weighted by atomic mass is 16.5. The Hall–Kier alpha value is -3.28. The van der Waals surface area contributed by atoms with E-state index in [1.54, 1.807) is 13.2 Å². The van der Waals surface area contributed by atoms with Crippen molar-refractivity contribution in [2.24, 2.45) is 5.92 Å². The SMILES string of the molecule is CCCN1C(=O)C(Nc2ccccc2OC)=C(c2ccc(OCC(C)C)cc2)C1=O. The molecule has 0 spiro atoms. The van der Waals surface area contributed by atoms with Gasteiger partial charge in [-0.2, -0.15) is 0 Å². The lowest BCUT2D eigenvalue weighted by molar-refractivity contribution is -0.136. The maximum Gasteiger partial charge on any atom is 0.278 e. The summed E-state index contributed by atoms with van der Waals surface area (Å²) in [6, 6.07) is 14.6. The first-order chi connectivity index (χ1) is 14.5. The van der Waals surface area contributed by atoms with E-state index in [1.807, 2.05) is 49.4 Å². The molecule has 6 nitrogen and oxygen atoms in total. The lowest BCUT2D eigenvalue weighted by Gasteiger charge is -2.14. The van der Waals surface area contributed by atoms with Gasteiger partial charge in [-0.3, -0.25) is 14.5 Å². The van der Waals surface area contributed by atoms with E-state index in [1.165, 1.54) is 4.90 Å². The number of amides is 2. The van der Waals surface area contributed by atoms with Gasteiger partial charge in [-0.15, -0.1) is 0 Å². The van der Waals surface area contributed by atoms with Crippen molar-refractivity contribution in [1.29, 1.82) is 0 Å². The number of nitrogens with zero attached hydrogens (tertiary/aromatic N) is 1. The molecule has 1 heterocycles. The third kappa shape index (κ3) is 4.48. The van der Waals surface area contributed by atoms with E-state index in [9.17, 15) is 9.59 Å². The van der Waals surface area contributed by atoms with E-state index in [4.69, 9.17) is 9.47 Å². The summed E-state index contributed by atoms with van der Waals surface area (Å²) in [4.78, 5) is 27.5. The van der Waals surface area contributed by atoms with Crippen LogP contribution < -0.4 is 14.8 Å². The number of carbonyl (C=O) groups excluding carboxylic acids is 2. The summed E-state index contributed by atoms with van der Waals surface area (Å²) >= 11 is 0. The molecule has 2 aromatic rings. The molecule has 0 saturated heterocycles. The Morgan fingerprint density at radius 3 is 2.33 bits per heavy atom. The molecule has 0 unspecified atom stereocenters. The van der Waals surface area contributed by atoms with Gasteiger partial charge in [0.2, 0.25) is 0 Å². The Bertz CT molecular complexity index is 948. The molecule has 0 radical (unpaired) electrons. The zero-order chi connectivity index (χ0) is 21.7. The molecule has 1 N–H and O–H groups in total. The van der Waals surface area contributed by atoms with E-state index < -0.39 is 0 Å². The highest BCUT2D eigenvalue weighted by Gasteiger charge is 2.38. The molecule has 0 atom stereocenters. The maximum atomic E-state index is 13.1. The number of hydrogen-bond donors (Lipinski definition) is 1. The fraction of sp³-hybridized carbons (Fsp3) is 0.333. The van der Waals surface area contributed by atoms with Crippen LogP contribution in [-0.4, -0.2) is 37.0 Å². The molecular weight excluding hydrogens is 380 g/mol. The van der Waals surface area contributed by atoms with Crippen LogP contribution >= 0.6 is 0 Å². The van der Waals surface area contributed by atoms with Crippen LogP contribution in [0.25, 0.3) is 5.57 Å². The first kappa shape index (κ1) is 21.4. The summed E-state index contributed by atoms with van der Waals surface area (Å²) in [5.74, 6) is 1.11. The van der Waals surface area contributed by atoms with Crippen molar-refractivity contribution in [3.05, 3.63) is 59.8 Å². The molecule has 0 aromatic heterocycles. The highest BCUT2D eigenvalue weighted by Crippen LogP contribution is 2.33. The average molecular weight is 408 g/mol. The van der Waals surface area contributed by atoms with E-state index >= 15 is 0 Å². The lowest BCUT2D eigenvalue weighted by Crippen LogP contribution is -2.33. The zero-order valence-corrected chi connectivity index (χ0v) is 17.9. The molecule has 30 heavy (non-hydrogen) atoms. The van der Waals surface area contributed by atoms with Crippen molar-refractivity contribution >= 4 is 23.1 Å². The predicted molar refractivity (Wildman–Crippen MR) is 117 cm³/mol. The number of hydrogen-bond acceptors (Lipinski definition) is 5. The molecule has 1 aliphatic heterocycles. The number of carbonyl (C=O) groups is 2. The molecule has 0 bridgehead atoms. The molecule has 1 aliphatic rings. The number of ether oxygens (including phenoxy) is 2. The van der Waals surface area contributed by atoms with Gasteiger partial charge in [0, 0.05) is 6.54 Å². The summed E-state index contributed by atoms with van der Waals surface area (Å²) in [6.45, 7) is 7.09. The van der Waals surface area contributed by atoms with Crippen LogP contribution in [0.4, 0.5) is 5.69 Å². The van der Waals surface area contributed by atoms with Gasteiger partial charge in [-0.25, -0.2) is 0 Å². The number of para-hydroxylation sites is 2. The summed E-state index contributed by atoms with van der Waals surface area (Å²) in [6.07, 6.45) is 0.689. The maximum absolute atomic E-state index is 13.1. The molecule has 2 aromatic carbocycles. The molecule has 3 rings (SSSR count). The van der Waals surface area contributed by atoms with Crippen molar-refractivity contribution in [2.75, 3.05) is 25.6 Å². The number of imide groups is 1. The smallest absolute Gasteiger partial charge is 0.278 e.